The number of anilines is 1. The number of sulfonamides is 1. The van der Waals surface area contributed by atoms with Gasteiger partial charge < -0.3 is 4.90 Å². The molecule has 3 rings (SSSR count). The second kappa shape index (κ2) is 7.66. The fraction of sp³-hybridized carbons (Fsp3) is 0.368. The average Bonchev–Trinajstić information content (AvgIpc) is 3.16. The smallest absolute Gasteiger partial charge is 0.270 e. The van der Waals surface area contributed by atoms with E-state index in [1.54, 1.807) is 6.92 Å². The number of aryl methyl sites for hydroxylation is 1. The summed E-state index contributed by atoms with van der Waals surface area (Å²) in [5.41, 5.74) is 2.23. The molecule has 2 aromatic rings. The normalized spacial score (nSPS) is 14.7. The first-order valence-corrected chi connectivity index (χ1v) is 10.3. The van der Waals surface area contributed by atoms with Crippen molar-refractivity contribution in [3.63, 3.8) is 0 Å². The second-order valence-electron chi connectivity index (χ2n) is 6.79. The molecule has 0 radical (unpaired) electrons. The number of nitro benzene ring substituents is 1. The lowest BCUT2D eigenvalue weighted by molar-refractivity contribution is -0.385. The molecule has 0 amide bonds. The van der Waals surface area contributed by atoms with E-state index in [0.717, 1.165) is 43.2 Å². The van der Waals surface area contributed by atoms with Crippen LogP contribution in [0.4, 0.5) is 11.4 Å². The maximum absolute atomic E-state index is 13.1. The Labute approximate surface area is 159 Å². The Hall–Kier alpha value is -2.45. The fourth-order valence-corrected chi connectivity index (χ4v) is 4.77. The first-order chi connectivity index (χ1) is 12.8. The van der Waals surface area contributed by atoms with Crippen molar-refractivity contribution in [3.05, 3.63) is 63.7 Å². The Morgan fingerprint density at radius 3 is 2.48 bits per heavy atom. The number of para-hydroxylation sites is 1. The van der Waals surface area contributed by atoms with E-state index in [1.165, 1.54) is 23.5 Å². The molecule has 8 heteroatoms. The van der Waals surface area contributed by atoms with Gasteiger partial charge in [-0.25, -0.2) is 8.42 Å². The molecule has 0 atom stereocenters. The molecule has 1 saturated heterocycles. The Bertz CT molecular complexity index is 953. The number of nitro groups is 1. The lowest BCUT2D eigenvalue weighted by Gasteiger charge is -2.24. The first kappa shape index (κ1) is 19.3. The number of hydrogen-bond acceptors (Lipinski definition) is 5. The van der Waals surface area contributed by atoms with Crippen LogP contribution in [-0.2, 0) is 16.6 Å². The topological polar surface area (TPSA) is 83.8 Å². The van der Waals surface area contributed by atoms with Gasteiger partial charge in [0.05, 0.1) is 9.82 Å². The second-order valence-corrected chi connectivity index (χ2v) is 8.80. The molecule has 144 valence electrons. The first-order valence-electron chi connectivity index (χ1n) is 8.85. The van der Waals surface area contributed by atoms with Crippen LogP contribution in [0.5, 0.6) is 0 Å². The summed E-state index contributed by atoms with van der Waals surface area (Å²) < 4.78 is 27.4. The van der Waals surface area contributed by atoms with Crippen molar-refractivity contribution in [1.82, 2.24) is 4.31 Å². The van der Waals surface area contributed by atoms with Gasteiger partial charge in [0.2, 0.25) is 10.0 Å². The summed E-state index contributed by atoms with van der Waals surface area (Å²) in [5, 5.41) is 11.0. The van der Waals surface area contributed by atoms with E-state index in [9.17, 15) is 18.5 Å². The van der Waals surface area contributed by atoms with Gasteiger partial charge in [0.1, 0.15) is 0 Å². The number of hydrogen-bond donors (Lipinski definition) is 0. The van der Waals surface area contributed by atoms with Crippen LogP contribution < -0.4 is 4.90 Å². The molecular formula is C19H23N3O4S. The number of rotatable bonds is 6. The molecule has 27 heavy (non-hydrogen) atoms. The van der Waals surface area contributed by atoms with Crippen molar-refractivity contribution in [2.45, 2.75) is 31.2 Å². The summed E-state index contributed by atoms with van der Waals surface area (Å²) in [6, 6.07) is 11.7. The van der Waals surface area contributed by atoms with Crippen LogP contribution in [0, 0.1) is 17.0 Å². The van der Waals surface area contributed by atoms with Crippen molar-refractivity contribution in [2.24, 2.45) is 0 Å². The molecule has 1 aliphatic rings. The van der Waals surface area contributed by atoms with Gasteiger partial charge >= 0.3 is 0 Å². The van der Waals surface area contributed by atoms with Gasteiger partial charge in [0, 0.05) is 44.5 Å². The molecule has 0 aliphatic carbocycles. The monoisotopic (exact) mass is 389 g/mol. The van der Waals surface area contributed by atoms with Crippen LogP contribution in [-0.4, -0.2) is 37.8 Å². The third-order valence-electron chi connectivity index (χ3n) is 4.90. The molecule has 1 aliphatic heterocycles. The van der Waals surface area contributed by atoms with Crippen molar-refractivity contribution in [2.75, 3.05) is 25.0 Å². The molecule has 0 saturated carbocycles. The van der Waals surface area contributed by atoms with Gasteiger partial charge in [-0.3, -0.25) is 10.1 Å². The highest BCUT2D eigenvalue weighted by molar-refractivity contribution is 7.89. The Morgan fingerprint density at radius 2 is 1.81 bits per heavy atom. The average molecular weight is 389 g/mol. The summed E-state index contributed by atoms with van der Waals surface area (Å²) in [5.74, 6) is 0. The Kier molecular flexibility index (Phi) is 5.48. The predicted molar refractivity (Wildman–Crippen MR) is 104 cm³/mol. The molecule has 0 aromatic heterocycles. The van der Waals surface area contributed by atoms with Gasteiger partial charge in [-0.05, 0) is 37.0 Å². The van der Waals surface area contributed by atoms with Crippen LogP contribution >= 0.6 is 0 Å². The third-order valence-corrected chi connectivity index (χ3v) is 6.85. The van der Waals surface area contributed by atoms with E-state index in [-0.39, 0.29) is 17.1 Å². The van der Waals surface area contributed by atoms with Crippen LogP contribution in [0.3, 0.4) is 0 Å². The number of non-ortho nitro benzene ring substituents is 1. The van der Waals surface area contributed by atoms with Crippen molar-refractivity contribution in [3.8, 4) is 0 Å². The van der Waals surface area contributed by atoms with E-state index >= 15 is 0 Å². The molecule has 0 spiro atoms. The minimum Gasteiger partial charge on any atom is -0.371 e. The summed E-state index contributed by atoms with van der Waals surface area (Å²) in [6.07, 6.45) is 2.27. The van der Waals surface area contributed by atoms with E-state index in [4.69, 9.17) is 0 Å². The summed E-state index contributed by atoms with van der Waals surface area (Å²) in [6.45, 7) is 3.79. The van der Waals surface area contributed by atoms with E-state index < -0.39 is 14.9 Å². The molecule has 0 bridgehead atoms. The molecule has 7 nitrogen and oxygen atoms in total. The van der Waals surface area contributed by atoms with E-state index in [2.05, 4.69) is 4.90 Å². The summed E-state index contributed by atoms with van der Waals surface area (Å²) in [7, 11) is -2.35. The molecule has 0 N–H and O–H groups in total. The van der Waals surface area contributed by atoms with Crippen LogP contribution in [0.1, 0.15) is 24.0 Å². The summed E-state index contributed by atoms with van der Waals surface area (Å²) in [4.78, 5) is 12.7. The van der Waals surface area contributed by atoms with E-state index in [0.29, 0.717) is 5.56 Å². The van der Waals surface area contributed by atoms with Crippen LogP contribution in [0.15, 0.2) is 47.4 Å². The molecule has 1 heterocycles. The highest BCUT2D eigenvalue weighted by Crippen LogP contribution is 2.29. The molecule has 0 unspecified atom stereocenters. The quantitative estimate of drug-likeness (QED) is 0.559. The van der Waals surface area contributed by atoms with Gasteiger partial charge in [-0.15, -0.1) is 0 Å². The van der Waals surface area contributed by atoms with E-state index in [1.807, 2.05) is 24.3 Å². The minimum atomic E-state index is -3.85. The zero-order valence-electron chi connectivity index (χ0n) is 15.5. The third kappa shape index (κ3) is 3.96. The highest BCUT2D eigenvalue weighted by Gasteiger charge is 2.26. The molecular weight excluding hydrogens is 366 g/mol. The lowest BCUT2D eigenvalue weighted by atomic mass is 10.1. The van der Waals surface area contributed by atoms with Gasteiger partial charge in [-0.1, -0.05) is 24.3 Å². The molecule has 2 aromatic carbocycles. The van der Waals surface area contributed by atoms with Gasteiger partial charge in [0.25, 0.3) is 5.69 Å². The van der Waals surface area contributed by atoms with Crippen molar-refractivity contribution in [1.29, 1.82) is 0 Å². The Morgan fingerprint density at radius 1 is 1.15 bits per heavy atom. The fourth-order valence-electron chi connectivity index (χ4n) is 3.38. The van der Waals surface area contributed by atoms with Crippen molar-refractivity contribution < 1.29 is 13.3 Å². The Balaban J connectivity index is 1.91. The zero-order chi connectivity index (χ0) is 19.6. The van der Waals surface area contributed by atoms with Gasteiger partial charge in [-0.2, -0.15) is 4.31 Å². The minimum absolute atomic E-state index is 0.0298. The van der Waals surface area contributed by atoms with Crippen LogP contribution in [0.25, 0.3) is 0 Å². The van der Waals surface area contributed by atoms with Crippen LogP contribution in [0.2, 0.25) is 0 Å². The predicted octanol–water partition coefficient (Wildman–Crippen LogP) is 3.32. The zero-order valence-corrected chi connectivity index (χ0v) is 16.3. The number of nitrogens with zero attached hydrogens (tertiary/aromatic N) is 3. The SMILES string of the molecule is Cc1ccc([N+](=O)[O-])cc1S(=O)(=O)N(C)Cc1ccccc1N1CCCC1. The maximum atomic E-state index is 13.1. The number of benzene rings is 2. The lowest BCUT2D eigenvalue weighted by Crippen LogP contribution is -2.28. The molecule has 1 fully saturated rings. The largest absolute Gasteiger partial charge is 0.371 e. The summed E-state index contributed by atoms with van der Waals surface area (Å²) >= 11 is 0. The van der Waals surface area contributed by atoms with Gasteiger partial charge in [0.15, 0.2) is 0 Å². The standard InChI is InChI=1S/C19H23N3O4S/c1-15-9-10-17(22(23)24)13-19(15)27(25,26)20(2)14-16-7-3-4-8-18(16)21-11-5-6-12-21/h3-4,7-10,13H,5-6,11-12,14H2,1-2H3. The van der Waals surface area contributed by atoms with Crippen molar-refractivity contribution >= 4 is 21.4 Å². The maximum Gasteiger partial charge on any atom is 0.270 e. The highest BCUT2D eigenvalue weighted by atomic mass is 32.2.